The van der Waals surface area contributed by atoms with E-state index in [9.17, 15) is 26.3 Å². The van der Waals surface area contributed by atoms with Crippen molar-refractivity contribution in [2.24, 2.45) is 0 Å². The summed E-state index contributed by atoms with van der Waals surface area (Å²) in [6.45, 7) is 0.869. The van der Waals surface area contributed by atoms with Gasteiger partial charge in [0.15, 0.2) is 29.1 Å². The van der Waals surface area contributed by atoms with Crippen molar-refractivity contribution in [3.05, 3.63) is 46.5 Å². The van der Waals surface area contributed by atoms with Crippen molar-refractivity contribution in [2.75, 3.05) is 0 Å². The maximum atomic E-state index is 13.5. The summed E-state index contributed by atoms with van der Waals surface area (Å²) in [6.07, 6.45) is 0. The Hall–Kier alpha value is -1.72. The predicted octanol–water partition coefficient (Wildman–Crippen LogP) is 3.98. The molecule has 0 amide bonds. The highest BCUT2D eigenvalue weighted by molar-refractivity contribution is 5.85. The Morgan fingerprint density at radius 2 is 1.29 bits per heavy atom. The summed E-state index contributed by atoms with van der Waals surface area (Å²) in [6, 6.07) is 0.217. The third-order valence-electron chi connectivity index (χ3n) is 2.47. The molecular weight excluding hydrogens is 246 g/mol. The van der Waals surface area contributed by atoms with Gasteiger partial charge in [-0.25, -0.2) is 26.3 Å². The summed E-state index contributed by atoms with van der Waals surface area (Å²) >= 11 is 0. The van der Waals surface area contributed by atoms with E-state index in [1.165, 1.54) is 0 Å². The van der Waals surface area contributed by atoms with Crippen molar-refractivity contribution in [2.45, 2.75) is 6.92 Å². The first kappa shape index (κ1) is 11.8. The maximum absolute atomic E-state index is 13.5. The minimum absolute atomic E-state index is 0.217. The van der Waals surface area contributed by atoms with Gasteiger partial charge in [0.05, 0.1) is 5.39 Å². The zero-order chi connectivity index (χ0) is 12.9. The predicted molar refractivity (Wildman–Crippen MR) is 48.4 cm³/mol. The molecule has 0 fully saturated rings. The van der Waals surface area contributed by atoms with E-state index < -0.39 is 51.2 Å². The van der Waals surface area contributed by atoms with Crippen LogP contribution in [0.1, 0.15) is 5.56 Å². The molecule has 0 N–H and O–H groups in total. The first-order valence-corrected chi connectivity index (χ1v) is 4.46. The largest absolute Gasteiger partial charge is 0.206 e. The molecular formula is C11H4F6. The van der Waals surface area contributed by atoms with E-state index in [4.69, 9.17) is 0 Å². The summed E-state index contributed by atoms with van der Waals surface area (Å²) in [4.78, 5) is 0. The van der Waals surface area contributed by atoms with Crippen LogP contribution in [-0.2, 0) is 0 Å². The lowest BCUT2D eigenvalue weighted by Crippen LogP contribution is -2.02. The van der Waals surface area contributed by atoms with E-state index in [2.05, 4.69) is 0 Å². The number of hydrogen-bond donors (Lipinski definition) is 0. The second-order valence-corrected chi connectivity index (χ2v) is 3.48. The average molecular weight is 250 g/mol. The van der Waals surface area contributed by atoms with Crippen LogP contribution in [0.5, 0.6) is 0 Å². The number of fused-ring (bicyclic) bond motifs is 1. The molecule has 0 aliphatic carbocycles. The molecule has 0 atom stereocenters. The average Bonchev–Trinajstić information content (AvgIpc) is 2.30. The van der Waals surface area contributed by atoms with Crippen LogP contribution in [0, 0.1) is 41.8 Å². The van der Waals surface area contributed by atoms with Gasteiger partial charge in [-0.3, -0.25) is 0 Å². The maximum Gasteiger partial charge on any atom is 0.195 e. The van der Waals surface area contributed by atoms with Gasteiger partial charge in [-0.15, -0.1) is 0 Å². The van der Waals surface area contributed by atoms with Gasteiger partial charge in [0.1, 0.15) is 5.82 Å². The Morgan fingerprint density at radius 1 is 0.706 bits per heavy atom. The third-order valence-corrected chi connectivity index (χ3v) is 2.47. The zero-order valence-corrected chi connectivity index (χ0v) is 8.35. The molecule has 90 valence electrons. The number of halogens is 6. The summed E-state index contributed by atoms with van der Waals surface area (Å²) < 4.78 is 78.9. The monoisotopic (exact) mass is 250 g/mol. The fourth-order valence-corrected chi connectivity index (χ4v) is 1.55. The fourth-order valence-electron chi connectivity index (χ4n) is 1.55. The Balaban J connectivity index is 3.12. The van der Waals surface area contributed by atoms with E-state index >= 15 is 0 Å². The van der Waals surface area contributed by atoms with Crippen molar-refractivity contribution >= 4 is 10.8 Å². The van der Waals surface area contributed by atoms with Crippen LogP contribution in [-0.4, -0.2) is 0 Å². The lowest BCUT2D eigenvalue weighted by Gasteiger charge is -2.08. The Morgan fingerprint density at radius 3 is 1.88 bits per heavy atom. The van der Waals surface area contributed by atoms with E-state index in [1.54, 1.807) is 0 Å². The summed E-state index contributed by atoms with van der Waals surface area (Å²) in [5.74, 6) is -10.1. The van der Waals surface area contributed by atoms with Crippen molar-refractivity contribution < 1.29 is 26.3 Å². The molecule has 2 aromatic carbocycles. The molecule has 0 heterocycles. The van der Waals surface area contributed by atoms with Gasteiger partial charge in [-0.05, 0) is 13.0 Å². The zero-order valence-electron chi connectivity index (χ0n) is 8.35. The van der Waals surface area contributed by atoms with Crippen LogP contribution in [0.3, 0.4) is 0 Å². The topological polar surface area (TPSA) is 0 Å². The Labute approximate surface area is 91.5 Å². The SMILES string of the molecule is Cc1c(F)c(F)c2cc(F)c(F)c(F)c2c1F. The lowest BCUT2D eigenvalue weighted by molar-refractivity contribution is 0.447. The van der Waals surface area contributed by atoms with Gasteiger partial charge < -0.3 is 0 Å². The van der Waals surface area contributed by atoms with Crippen LogP contribution >= 0.6 is 0 Å². The van der Waals surface area contributed by atoms with Gasteiger partial charge in [-0.1, -0.05) is 0 Å². The summed E-state index contributed by atoms with van der Waals surface area (Å²) in [5, 5.41) is -2.07. The van der Waals surface area contributed by atoms with E-state index in [-0.39, 0.29) is 6.07 Å². The van der Waals surface area contributed by atoms with Crippen LogP contribution in [0.4, 0.5) is 26.3 Å². The lowest BCUT2D eigenvalue weighted by atomic mass is 10.0. The van der Waals surface area contributed by atoms with Crippen LogP contribution in [0.25, 0.3) is 10.8 Å². The van der Waals surface area contributed by atoms with Gasteiger partial charge in [-0.2, -0.15) is 0 Å². The molecule has 6 heteroatoms. The molecule has 0 saturated heterocycles. The highest BCUT2D eigenvalue weighted by Crippen LogP contribution is 2.31. The Kier molecular flexibility index (Phi) is 2.52. The van der Waals surface area contributed by atoms with Gasteiger partial charge in [0, 0.05) is 10.9 Å². The van der Waals surface area contributed by atoms with Crippen molar-refractivity contribution in [1.82, 2.24) is 0 Å². The molecule has 2 aromatic rings. The minimum atomic E-state index is -1.93. The molecule has 0 aliphatic heterocycles. The molecule has 0 bridgehead atoms. The van der Waals surface area contributed by atoms with E-state index in [0.29, 0.717) is 0 Å². The normalized spacial score (nSPS) is 11.2. The molecule has 0 radical (unpaired) electrons. The highest BCUT2D eigenvalue weighted by atomic mass is 19.2. The molecule has 0 nitrogen and oxygen atoms in total. The smallest absolute Gasteiger partial charge is 0.195 e. The molecule has 0 spiro atoms. The number of rotatable bonds is 0. The first-order valence-electron chi connectivity index (χ1n) is 4.46. The van der Waals surface area contributed by atoms with Crippen LogP contribution < -0.4 is 0 Å². The quantitative estimate of drug-likeness (QED) is 0.377. The van der Waals surface area contributed by atoms with Crippen LogP contribution in [0.2, 0.25) is 0 Å². The molecule has 0 saturated carbocycles. The third kappa shape index (κ3) is 1.47. The van der Waals surface area contributed by atoms with Gasteiger partial charge in [0.2, 0.25) is 0 Å². The number of hydrogen-bond acceptors (Lipinski definition) is 0. The first-order chi connectivity index (χ1) is 7.86. The van der Waals surface area contributed by atoms with E-state index in [1.807, 2.05) is 0 Å². The molecule has 2 rings (SSSR count). The standard InChI is InChI=1S/C11H4F6/c1-3-7(13)6-4(9(15)8(3)14)2-5(12)10(16)11(6)17/h2H,1H3. The van der Waals surface area contributed by atoms with Crippen LogP contribution in [0.15, 0.2) is 6.07 Å². The number of benzene rings is 2. The fraction of sp³-hybridized carbons (Fsp3) is 0.0909. The van der Waals surface area contributed by atoms with E-state index in [0.717, 1.165) is 6.92 Å². The second kappa shape index (κ2) is 3.65. The second-order valence-electron chi connectivity index (χ2n) is 3.48. The Bertz CT molecular complexity index is 624. The van der Waals surface area contributed by atoms with Gasteiger partial charge >= 0.3 is 0 Å². The molecule has 0 aliphatic rings. The van der Waals surface area contributed by atoms with Gasteiger partial charge in [0.25, 0.3) is 0 Å². The highest BCUT2D eigenvalue weighted by Gasteiger charge is 2.24. The summed E-state index contributed by atoms with van der Waals surface area (Å²) in [5.41, 5.74) is -0.792. The minimum Gasteiger partial charge on any atom is -0.206 e. The van der Waals surface area contributed by atoms with Crippen molar-refractivity contribution in [3.8, 4) is 0 Å². The molecule has 0 aromatic heterocycles. The van der Waals surface area contributed by atoms with Crippen molar-refractivity contribution in [1.29, 1.82) is 0 Å². The summed E-state index contributed by atoms with van der Waals surface area (Å²) in [7, 11) is 0. The van der Waals surface area contributed by atoms with Crippen molar-refractivity contribution in [3.63, 3.8) is 0 Å². The molecule has 17 heavy (non-hydrogen) atoms. The molecule has 0 unspecified atom stereocenters.